The van der Waals surface area contributed by atoms with Gasteiger partial charge in [0.2, 0.25) is 0 Å². The summed E-state index contributed by atoms with van der Waals surface area (Å²) < 4.78 is 12.6. The second-order valence-electron chi connectivity index (χ2n) is 9.82. The SMILES string of the molecule is CC(C)(C)OC(=O)n1nc(C=O)c2ccccc21.CC(C)(C)OC(=O)n1nc2ccccc2c1C=O. The maximum atomic E-state index is 12.0. The van der Waals surface area contributed by atoms with Crippen LogP contribution in [0.2, 0.25) is 0 Å². The number of benzene rings is 2. The molecule has 2 aromatic carbocycles. The minimum absolute atomic E-state index is 0.208. The second kappa shape index (κ2) is 10.1. The van der Waals surface area contributed by atoms with Gasteiger partial charge in [-0.1, -0.05) is 36.4 Å². The van der Waals surface area contributed by atoms with Gasteiger partial charge in [0.1, 0.15) is 22.6 Å². The van der Waals surface area contributed by atoms with E-state index in [4.69, 9.17) is 9.47 Å². The van der Waals surface area contributed by atoms with Crippen LogP contribution >= 0.6 is 0 Å². The molecule has 2 heterocycles. The fraction of sp³-hybridized carbons (Fsp3) is 0.308. The number of carbonyl (C=O) groups is 4. The van der Waals surface area contributed by atoms with Crippen molar-refractivity contribution in [1.29, 1.82) is 0 Å². The van der Waals surface area contributed by atoms with E-state index in [-0.39, 0.29) is 11.4 Å². The molecule has 0 radical (unpaired) electrons. The molecule has 4 aromatic rings. The van der Waals surface area contributed by atoms with Crippen LogP contribution < -0.4 is 0 Å². The van der Waals surface area contributed by atoms with Crippen LogP contribution in [-0.2, 0) is 9.47 Å². The molecule has 2 aromatic heterocycles. The van der Waals surface area contributed by atoms with Gasteiger partial charge < -0.3 is 9.47 Å². The zero-order chi connectivity index (χ0) is 26.7. The highest BCUT2D eigenvalue weighted by atomic mass is 16.6. The van der Waals surface area contributed by atoms with Gasteiger partial charge in [0.05, 0.1) is 11.0 Å². The average Bonchev–Trinajstić information content (AvgIpc) is 3.36. The molecule has 0 saturated heterocycles. The van der Waals surface area contributed by atoms with E-state index in [1.165, 1.54) is 0 Å². The fourth-order valence-corrected chi connectivity index (χ4v) is 3.23. The molecule has 0 bridgehead atoms. The molecule has 0 aliphatic heterocycles. The summed E-state index contributed by atoms with van der Waals surface area (Å²) in [5.41, 5.74) is 0.358. The molecular weight excluding hydrogens is 464 g/mol. The molecule has 10 heteroatoms. The quantitative estimate of drug-likeness (QED) is 0.347. The zero-order valence-electron chi connectivity index (χ0n) is 21.0. The van der Waals surface area contributed by atoms with Gasteiger partial charge in [-0.3, -0.25) is 9.59 Å². The molecule has 0 aliphatic rings. The molecule has 0 N–H and O–H groups in total. The number of hydrogen-bond acceptors (Lipinski definition) is 8. The molecule has 0 saturated carbocycles. The normalized spacial score (nSPS) is 11.5. The topological polar surface area (TPSA) is 122 Å². The lowest BCUT2D eigenvalue weighted by atomic mass is 10.2. The molecular formula is C26H28N4O6. The first kappa shape index (κ1) is 26.3. The molecule has 0 atom stereocenters. The van der Waals surface area contributed by atoms with Crippen molar-refractivity contribution in [2.45, 2.75) is 52.7 Å². The van der Waals surface area contributed by atoms with E-state index in [0.29, 0.717) is 34.4 Å². The minimum atomic E-state index is -0.652. The summed E-state index contributed by atoms with van der Waals surface area (Å²) in [5, 5.41) is 9.32. The number of aldehydes is 2. The molecule has 0 amide bonds. The van der Waals surface area contributed by atoms with Crippen LogP contribution in [0, 0.1) is 0 Å². The van der Waals surface area contributed by atoms with Gasteiger partial charge in [-0.05, 0) is 53.7 Å². The van der Waals surface area contributed by atoms with Crippen molar-refractivity contribution in [3.8, 4) is 0 Å². The van der Waals surface area contributed by atoms with E-state index < -0.39 is 23.4 Å². The lowest BCUT2D eigenvalue weighted by molar-refractivity contribution is 0.0503. The van der Waals surface area contributed by atoms with E-state index in [1.54, 1.807) is 90.1 Å². The summed E-state index contributed by atoms with van der Waals surface area (Å²) in [5.74, 6) is 0. The third-order valence-electron chi connectivity index (χ3n) is 4.59. The minimum Gasteiger partial charge on any atom is -0.442 e. The predicted octanol–water partition coefficient (Wildman–Crippen LogP) is 5.26. The number of para-hydroxylation sites is 1. The number of nitrogens with zero attached hydrogens (tertiary/aromatic N) is 4. The number of ether oxygens (including phenoxy) is 2. The van der Waals surface area contributed by atoms with Gasteiger partial charge in [-0.2, -0.15) is 19.6 Å². The standard InChI is InChI=1S/2C13H14N2O3/c1-13(2,3)18-12(17)15-11-7-5-4-6-9(11)10(8-16)14-15;1-13(2,3)18-12(17)15-11(8-16)9-6-4-5-7-10(9)14-15/h2*4-8H,1-3H3. The van der Waals surface area contributed by atoms with Gasteiger partial charge in [-0.25, -0.2) is 9.59 Å². The van der Waals surface area contributed by atoms with Crippen molar-refractivity contribution < 1.29 is 28.7 Å². The van der Waals surface area contributed by atoms with Crippen molar-refractivity contribution in [3.63, 3.8) is 0 Å². The van der Waals surface area contributed by atoms with Crippen LogP contribution in [0.25, 0.3) is 21.8 Å². The van der Waals surface area contributed by atoms with Crippen molar-refractivity contribution >= 4 is 46.6 Å². The summed E-state index contributed by atoms with van der Waals surface area (Å²) in [6, 6.07) is 14.1. The second-order valence-corrected chi connectivity index (χ2v) is 9.82. The van der Waals surface area contributed by atoms with Crippen LogP contribution in [0.1, 0.15) is 62.5 Å². The van der Waals surface area contributed by atoms with Gasteiger partial charge in [0.25, 0.3) is 0 Å². The Hall–Kier alpha value is -4.34. The maximum absolute atomic E-state index is 12.0. The zero-order valence-corrected chi connectivity index (χ0v) is 21.0. The van der Waals surface area contributed by atoms with Crippen molar-refractivity contribution in [3.05, 3.63) is 59.9 Å². The monoisotopic (exact) mass is 492 g/mol. The Labute approximate surface area is 207 Å². The summed E-state index contributed by atoms with van der Waals surface area (Å²) in [7, 11) is 0. The van der Waals surface area contributed by atoms with E-state index in [9.17, 15) is 19.2 Å². The summed E-state index contributed by atoms with van der Waals surface area (Å²) >= 11 is 0. The molecule has 188 valence electrons. The summed E-state index contributed by atoms with van der Waals surface area (Å²) in [6.07, 6.45) is -0.00442. The van der Waals surface area contributed by atoms with Crippen molar-refractivity contribution in [2.75, 3.05) is 0 Å². The third kappa shape index (κ3) is 6.01. The first-order valence-electron chi connectivity index (χ1n) is 11.2. The molecule has 36 heavy (non-hydrogen) atoms. The van der Waals surface area contributed by atoms with Crippen LogP contribution in [0.4, 0.5) is 9.59 Å². The number of rotatable bonds is 2. The summed E-state index contributed by atoms with van der Waals surface area (Å²) in [6.45, 7) is 10.6. The van der Waals surface area contributed by atoms with E-state index in [1.807, 2.05) is 0 Å². The van der Waals surface area contributed by atoms with Crippen molar-refractivity contribution in [2.24, 2.45) is 0 Å². The van der Waals surface area contributed by atoms with Crippen molar-refractivity contribution in [1.82, 2.24) is 19.6 Å². The lowest BCUT2D eigenvalue weighted by Gasteiger charge is -2.19. The molecule has 0 fully saturated rings. The Morgan fingerprint density at radius 2 is 1.25 bits per heavy atom. The largest absolute Gasteiger partial charge is 0.442 e. The van der Waals surface area contributed by atoms with Crippen LogP contribution in [0.15, 0.2) is 48.5 Å². The Kier molecular flexibility index (Phi) is 7.37. The van der Waals surface area contributed by atoms with Crippen LogP contribution in [0.5, 0.6) is 0 Å². The van der Waals surface area contributed by atoms with E-state index in [0.717, 1.165) is 9.36 Å². The number of aromatic nitrogens is 4. The van der Waals surface area contributed by atoms with E-state index >= 15 is 0 Å². The Bertz CT molecular complexity index is 1430. The predicted molar refractivity (Wildman–Crippen MR) is 134 cm³/mol. The van der Waals surface area contributed by atoms with Crippen LogP contribution in [0.3, 0.4) is 0 Å². The number of fused-ring (bicyclic) bond motifs is 2. The molecule has 10 nitrogen and oxygen atoms in total. The Morgan fingerprint density at radius 1 is 0.722 bits per heavy atom. The Morgan fingerprint density at radius 3 is 1.81 bits per heavy atom. The average molecular weight is 493 g/mol. The first-order chi connectivity index (χ1) is 16.8. The highest BCUT2D eigenvalue weighted by Crippen LogP contribution is 2.20. The molecule has 0 aliphatic carbocycles. The number of hydrogen-bond donors (Lipinski definition) is 0. The fourth-order valence-electron chi connectivity index (χ4n) is 3.23. The third-order valence-corrected chi connectivity index (χ3v) is 4.59. The summed E-state index contributed by atoms with van der Waals surface area (Å²) in [4.78, 5) is 45.9. The molecule has 0 unspecified atom stereocenters. The highest BCUT2D eigenvalue weighted by molar-refractivity contribution is 5.99. The van der Waals surface area contributed by atoms with Crippen LogP contribution in [-0.4, -0.2) is 55.5 Å². The van der Waals surface area contributed by atoms with Gasteiger partial charge >= 0.3 is 12.2 Å². The first-order valence-corrected chi connectivity index (χ1v) is 11.2. The highest BCUT2D eigenvalue weighted by Gasteiger charge is 2.23. The smallest absolute Gasteiger partial charge is 0.435 e. The molecule has 0 spiro atoms. The van der Waals surface area contributed by atoms with Gasteiger partial charge in [-0.15, -0.1) is 0 Å². The van der Waals surface area contributed by atoms with Gasteiger partial charge in [0.15, 0.2) is 12.6 Å². The maximum Gasteiger partial charge on any atom is 0.435 e. The Balaban J connectivity index is 0.000000201. The van der Waals surface area contributed by atoms with Gasteiger partial charge in [0, 0.05) is 10.8 Å². The number of carbonyl (C=O) groups excluding carboxylic acids is 4. The lowest BCUT2D eigenvalue weighted by Crippen LogP contribution is -2.28. The molecule has 4 rings (SSSR count). The van der Waals surface area contributed by atoms with E-state index in [2.05, 4.69) is 10.2 Å².